The molecule has 1 fully saturated rings. The summed E-state index contributed by atoms with van der Waals surface area (Å²) < 4.78 is 0.932. The van der Waals surface area contributed by atoms with Crippen molar-refractivity contribution in [2.75, 3.05) is 13.1 Å². The fraction of sp³-hybridized carbons (Fsp3) is 0.500. The number of hydrogen-bond donors (Lipinski definition) is 2. The molecule has 1 unspecified atom stereocenters. The summed E-state index contributed by atoms with van der Waals surface area (Å²) in [5.74, 6) is -0.543. The van der Waals surface area contributed by atoms with Crippen molar-refractivity contribution in [3.63, 3.8) is 0 Å². The van der Waals surface area contributed by atoms with Gasteiger partial charge in [0.25, 0.3) is 0 Å². The maximum absolute atomic E-state index is 11.8. The van der Waals surface area contributed by atoms with Crippen LogP contribution in [0.15, 0.2) is 28.7 Å². The molecule has 0 aromatic heterocycles. The lowest BCUT2D eigenvalue weighted by atomic mass is 9.68. The molecular formula is C14H18BrNO2. The summed E-state index contributed by atoms with van der Waals surface area (Å²) in [6.45, 7) is 3.66. The highest BCUT2D eigenvalue weighted by Crippen LogP contribution is 2.38. The average molecular weight is 312 g/mol. The van der Waals surface area contributed by atoms with Crippen molar-refractivity contribution in [2.24, 2.45) is 5.92 Å². The molecule has 4 heteroatoms. The molecule has 2 N–H and O–H groups in total. The van der Waals surface area contributed by atoms with Gasteiger partial charge in [0.15, 0.2) is 0 Å². The number of carboxylic acid groups (broad SMARTS) is 1. The molecule has 18 heavy (non-hydrogen) atoms. The molecule has 1 aliphatic rings. The van der Waals surface area contributed by atoms with Crippen molar-refractivity contribution in [3.05, 3.63) is 34.3 Å². The standard InChI is InChI=1S/C14H18BrNO2/c1-14(13(17)18,10-5-7-16-8-6-10)11-3-2-4-12(15)9-11/h2-4,9-10,16H,5-8H2,1H3,(H,17,18). The summed E-state index contributed by atoms with van der Waals surface area (Å²) >= 11 is 3.42. The monoisotopic (exact) mass is 311 g/mol. The van der Waals surface area contributed by atoms with Gasteiger partial charge in [-0.2, -0.15) is 0 Å². The molecule has 1 saturated heterocycles. The van der Waals surface area contributed by atoms with Gasteiger partial charge in [0, 0.05) is 4.47 Å². The lowest BCUT2D eigenvalue weighted by Crippen LogP contribution is -2.45. The summed E-state index contributed by atoms with van der Waals surface area (Å²) in [6.07, 6.45) is 1.82. The number of benzene rings is 1. The molecule has 3 nitrogen and oxygen atoms in total. The fourth-order valence-electron chi connectivity index (χ4n) is 2.74. The molecule has 1 aromatic rings. The molecule has 1 heterocycles. The molecule has 0 spiro atoms. The summed E-state index contributed by atoms with van der Waals surface area (Å²) in [5.41, 5.74) is 0.0857. The lowest BCUT2D eigenvalue weighted by molar-refractivity contribution is -0.146. The zero-order valence-electron chi connectivity index (χ0n) is 10.4. The number of aliphatic carboxylic acids is 1. The Labute approximate surface area is 116 Å². The first-order valence-corrected chi connectivity index (χ1v) is 7.04. The Morgan fingerprint density at radius 3 is 2.67 bits per heavy atom. The van der Waals surface area contributed by atoms with E-state index in [0.717, 1.165) is 36.0 Å². The van der Waals surface area contributed by atoms with E-state index >= 15 is 0 Å². The minimum Gasteiger partial charge on any atom is -0.481 e. The van der Waals surface area contributed by atoms with Gasteiger partial charge >= 0.3 is 5.97 Å². The molecule has 1 atom stereocenters. The highest BCUT2D eigenvalue weighted by atomic mass is 79.9. The van der Waals surface area contributed by atoms with Crippen LogP contribution in [0, 0.1) is 5.92 Å². The number of halogens is 1. The number of hydrogen-bond acceptors (Lipinski definition) is 2. The van der Waals surface area contributed by atoms with Crippen LogP contribution in [0.3, 0.4) is 0 Å². The Balaban J connectivity index is 2.39. The quantitative estimate of drug-likeness (QED) is 0.902. The average Bonchev–Trinajstić information content (AvgIpc) is 2.38. The van der Waals surface area contributed by atoms with Gasteiger partial charge in [0.05, 0.1) is 5.41 Å². The first-order chi connectivity index (χ1) is 8.55. The van der Waals surface area contributed by atoms with Gasteiger partial charge in [0.1, 0.15) is 0 Å². The van der Waals surface area contributed by atoms with Crippen LogP contribution in [-0.2, 0) is 10.2 Å². The third kappa shape index (κ3) is 2.45. The van der Waals surface area contributed by atoms with Crippen LogP contribution in [0.1, 0.15) is 25.3 Å². The summed E-state index contributed by atoms with van der Waals surface area (Å²) in [7, 11) is 0. The van der Waals surface area contributed by atoms with Crippen LogP contribution in [-0.4, -0.2) is 24.2 Å². The predicted molar refractivity (Wildman–Crippen MR) is 74.7 cm³/mol. The normalized spacial score (nSPS) is 20.3. The van der Waals surface area contributed by atoms with E-state index in [-0.39, 0.29) is 5.92 Å². The topological polar surface area (TPSA) is 49.3 Å². The molecule has 2 rings (SSSR count). The lowest BCUT2D eigenvalue weighted by Gasteiger charge is -2.37. The summed E-state index contributed by atoms with van der Waals surface area (Å²) in [6, 6.07) is 7.67. The molecular weight excluding hydrogens is 294 g/mol. The van der Waals surface area contributed by atoms with Gasteiger partial charge in [0.2, 0.25) is 0 Å². The third-order valence-corrected chi connectivity index (χ3v) is 4.52. The number of carboxylic acids is 1. The highest BCUT2D eigenvalue weighted by molar-refractivity contribution is 9.10. The molecule has 0 bridgehead atoms. The van der Waals surface area contributed by atoms with Gasteiger partial charge in [-0.05, 0) is 56.5 Å². The van der Waals surface area contributed by atoms with Crippen LogP contribution in [0.25, 0.3) is 0 Å². The van der Waals surface area contributed by atoms with Gasteiger partial charge in [-0.3, -0.25) is 4.79 Å². The van der Waals surface area contributed by atoms with E-state index in [1.807, 2.05) is 31.2 Å². The molecule has 98 valence electrons. The summed E-state index contributed by atoms with van der Waals surface area (Å²) in [4.78, 5) is 11.8. The zero-order valence-corrected chi connectivity index (χ0v) is 12.0. The Bertz CT molecular complexity index is 443. The molecule has 1 aromatic carbocycles. The second-order valence-corrected chi connectivity index (χ2v) is 5.96. The van der Waals surface area contributed by atoms with Crippen molar-refractivity contribution in [1.82, 2.24) is 5.32 Å². The Hall–Kier alpha value is -0.870. The van der Waals surface area contributed by atoms with Gasteiger partial charge < -0.3 is 10.4 Å². The van der Waals surface area contributed by atoms with Crippen LogP contribution >= 0.6 is 15.9 Å². The minimum absolute atomic E-state index is 0.186. The van der Waals surface area contributed by atoms with Crippen molar-refractivity contribution < 1.29 is 9.90 Å². The smallest absolute Gasteiger partial charge is 0.314 e. The van der Waals surface area contributed by atoms with Crippen LogP contribution in [0.5, 0.6) is 0 Å². The second-order valence-electron chi connectivity index (χ2n) is 5.04. The van der Waals surface area contributed by atoms with Crippen molar-refractivity contribution in [1.29, 1.82) is 0 Å². The molecule has 1 aliphatic heterocycles. The number of carbonyl (C=O) groups is 1. The van der Waals surface area contributed by atoms with E-state index in [4.69, 9.17) is 0 Å². The zero-order chi connectivity index (χ0) is 13.2. The van der Waals surface area contributed by atoms with Crippen molar-refractivity contribution in [2.45, 2.75) is 25.2 Å². The van der Waals surface area contributed by atoms with Gasteiger partial charge in [-0.25, -0.2) is 0 Å². The molecule has 0 saturated carbocycles. The van der Waals surface area contributed by atoms with Gasteiger partial charge in [-0.15, -0.1) is 0 Å². The van der Waals surface area contributed by atoms with Gasteiger partial charge in [-0.1, -0.05) is 28.1 Å². The molecule has 0 aliphatic carbocycles. The molecule has 0 amide bonds. The Kier molecular flexibility index (Phi) is 4.07. The maximum atomic E-state index is 11.8. The SMILES string of the molecule is CC(C(=O)O)(c1cccc(Br)c1)C1CCNCC1. The summed E-state index contributed by atoms with van der Waals surface area (Å²) in [5, 5.41) is 13.0. The molecule has 0 radical (unpaired) electrons. The fourth-order valence-corrected chi connectivity index (χ4v) is 3.14. The van der Waals surface area contributed by atoms with Crippen molar-refractivity contribution >= 4 is 21.9 Å². The minimum atomic E-state index is -0.800. The van der Waals surface area contributed by atoms with Crippen LogP contribution in [0.2, 0.25) is 0 Å². The van der Waals surface area contributed by atoms with Crippen LogP contribution < -0.4 is 5.32 Å². The number of rotatable bonds is 3. The van der Waals surface area contributed by atoms with E-state index in [0.29, 0.717) is 0 Å². The van der Waals surface area contributed by atoms with E-state index in [9.17, 15) is 9.90 Å². The van der Waals surface area contributed by atoms with E-state index in [1.54, 1.807) is 0 Å². The van der Waals surface area contributed by atoms with Crippen LogP contribution in [0.4, 0.5) is 0 Å². The van der Waals surface area contributed by atoms with E-state index in [2.05, 4.69) is 21.2 Å². The van der Waals surface area contributed by atoms with E-state index in [1.165, 1.54) is 0 Å². The maximum Gasteiger partial charge on any atom is 0.314 e. The first kappa shape index (κ1) is 13.6. The number of piperidine rings is 1. The Morgan fingerprint density at radius 2 is 2.11 bits per heavy atom. The number of nitrogens with one attached hydrogen (secondary N) is 1. The first-order valence-electron chi connectivity index (χ1n) is 6.25. The van der Waals surface area contributed by atoms with E-state index < -0.39 is 11.4 Å². The second kappa shape index (κ2) is 5.41. The largest absolute Gasteiger partial charge is 0.481 e. The predicted octanol–water partition coefficient (Wildman–Crippen LogP) is 2.79. The third-order valence-electron chi connectivity index (χ3n) is 4.02. The van der Waals surface area contributed by atoms with Crippen molar-refractivity contribution in [3.8, 4) is 0 Å². The highest BCUT2D eigenvalue weighted by Gasteiger charge is 2.43. The Morgan fingerprint density at radius 1 is 1.44 bits per heavy atom.